The Hall–Kier alpha value is -1.25. The van der Waals surface area contributed by atoms with E-state index in [4.69, 9.17) is 0 Å². The SMILES string of the molecule is CCC(F)(F)c1ccc(C(C)=O)cc1. The van der Waals surface area contributed by atoms with Crippen LogP contribution >= 0.6 is 0 Å². The largest absolute Gasteiger partial charge is 0.295 e. The molecule has 0 atom stereocenters. The minimum atomic E-state index is -2.80. The number of hydrogen-bond acceptors (Lipinski definition) is 1. The summed E-state index contributed by atoms with van der Waals surface area (Å²) in [5.74, 6) is -2.91. The molecule has 14 heavy (non-hydrogen) atoms. The highest BCUT2D eigenvalue weighted by Gasteiger charge is 2.28. The third kappa shape index (κ3) is 2.16. The van der Waals surface area contributed by atoms with Gasteiger partial charge < -0.3 is 0 Å². The third-order valence-corrected chi connectivity index (χ3v) is 2.16. The zero-order chi connectivity index (χ0) is 10.8. The fraction of sp³-hybridized carbons (Fsp3) is 0.364. The van der Waals surface area contributed by atoms with E-state index in [0.717, 1.165) is 0 Å². The first-order valence-corrected chi connectivity index (χ1v) is 4.46. The quantitative estimate of drug-likeness (QED) is 0.680. The summed E-state index contributed by atoms with van der Waals surface area (Å²) in [5.41, 5.74) is 0.422. The molecule has 0 aliphatic heterocycles. The van der Waals surface area contributed by atoms with Crippen LogP contribution < -0.4 is 0 Å². The zero-order valence-corrected chi connectivity index (χ0v) is 8.18. The second-order valence-electron chi connectivity index (χ2n) is 3.19. The normalized spacial score (nSPS) is 11.4. The summed E-state index contributed by atoms with van der Waals surface area (Å²) in [5, 5.41) is 0. The molecule has 0 aromatic heterocycles. The van der Waals surface area contributed by atoms with E-state index in [0.29, 0.717) is 5.56 Å². The van der Waals surface area contributed by atoms with Crippen LogP contribution in [0.1, 0.15) is 36.2 Å². The highest BCUT2D eigenvalue weighted by molar-refractivity contribution is 5.94. The number of alkyl halides is 2. The van der Waals surface area contributed by atoms with Gasteiger partial charge in [0.05, 0.1) is 0 Å². The van der Waals surface area contributed by atoms with Gasteiger partial charge in [0.2, 0.25) is 0 Å². The predicted molar refractivity (Wildman–Crippen MR) is 50.6 cm³/mol. The summed E-state index contributed by atoms with van der Waals surface area (Å²) in [4.78, 5) is 10.9. The van der Waals surface area contributed by atoms with Crippen LogP contribution in [-0.2, 0) is 5.92 Å². The number of benzene rings is 1. The minimum Gasteiger partial charge on any atom is -0.295 e. The smallest absolute Gasteiger partial charge is 0.273 e. The monoisotopic (exact) mass is 198 g/mol. The Balaban J connectivity index is 2.99. The van der Waals surface area contributed by atoms with Crippen molar-refractivity contribution < 1.29 is 13.6 Å². The highest BCUT2D eigenvalue weighted by Crippen LogP contribution is 2.31. The molecule has 0 radical (unpaired) electrons. The van der Waals surface area contributed by atoms with E-state index in [2.05, 4.69) is 0 Å². The molecular weight excluding hydrogens is 186 g/mol. The van der Waals surface area contributed by atoms with E-state index in [-0.39, 0.29) is 17.8 Å². The molecule has 0 saturated carbocycles. The second kappa shape index (κ2) is 3.86. The summed E-state index contributed by atoms with van der Waals surface area (Å²) >= 11 is 0. The van der Waals surface area contributed by atoms with Crippen LogP contribution in [0.2, 0.25) is 0 Å². The number of ketones is 1. The molecule has 0 aliphatic rings. The number of halogens is 2. The van der Waals surface area contributed by atoms with Gasteiger partial charge in [-0.25, -0.2) is 8.78 Å². The van der Waals surface area contributed by atoms with Crippen molar-refractivity contribution in [2.24, 2.45) is 0 Å². The summed E-state index contributed by atoms with van der Waals surface area (Å²) in [6.45, 7) is 2.84. The van der Waals surface area contributed by atoms with Crippen LogP contribution in [0, 0.1) is 0 Å². The second-order valence-corrected chi connectivity index (χ2v) is 3.19. The number of rotatable bonds is 3. The first kappa shape index (κ1) is 10.8. The van der Waals surface area contributed by atoms with Crippen molar-refractivity contribution in [3.8, 4) is 0 Å². The lowest BCUT2D eigenvalue weighted by Crippen LogP contribution is -2.11. The highest BCUT2D eigenvalue weighted by atomic mass is 19.3. The van der Waals surface area contributed by atoms with Gasteiger partial charge in [0, 0.05) is 17.5 Å². The van der Waals surface area contributed by atoms with E-state index >= 15 is 0 Å². The predicted octanol–water partition coefficient (Wildman–Crippen LogP) is 3.39. The number of Topliss-reactive ketones (excluding diaryl/α,β-unsaturated/α-hetero) is 1. The molecule has 76 valence electrons. The molecule has 0 fully saturated rings. The lowest BCUT2D eigenvalue weighted by molar-refractivity contribution is -0.00830. The van der Waals surface area contributed by atoms with Crippen molar-refractivity contribution in [1.82, 2.24) is 0 Å². The summed E-state index contributed by atoms with van der Waals surface area (Å²) in [6.07, 6.45) is -0.230. The zero-order valence-electron chi connectivity index (χ0n) is 8.18. The van der Waals surface area contributed by atoms with Gasteiger partial charge in [-0.05, 0) is 6.92 Å². The topological polar surface area (TPSA) is 17.1 Å². The van der Waals surface area contributed by atoms with Gasteiger partial charge in [0.15, 0.2) is 5.78 Å². The Morgan fingerprint density at radius 2 is 1.79 bits per heavy atom. The fourth-order valence-electron chi connectivity index (χ4n) is 1.15. The van der Waals surface area contributed by atoms with E-state index < -0.39 is 5.92 Å². The van der Waals surface area contributed by atoms with Crippen LogP contribution in [0.15, 0.2) is 24.3 Å². The summed E-state index contributed by atoms with van der Waals surface area (Å²) < 4.78 is 26.3. The molecule has 0 saturated heterocycles. The minimum absolute atomic E-state index is 0.0370. The molecule has 1 nitrogen and oxygen atoms in total. The van der Waals surface area contributed by atoms with Gasteiger partial charge in [-0.1, -0.05) is 31.2 Å². The maximum atomic E-state index is 13.1. The fourth-order valence-corrected chi connectivity index (χ4v) is 1.15. The van der Waals surface area contributed by atoms with Crippen molar-refractivity contribution in [3.63, 3.8) is 0 Å². The molecule has 1 rings (SSSR count). The molecule has 0 spiro atoms. The van der Waals surface area contributed by atoms with E-state index in [9.17, 15) is 13.6 Å². The van der Waals surface area contributed by atoms with Gasteiger partial charge in [-0.15, -0.1) is 0 Å². The Labute approximate surface area is 81.7 Å². The van der Waals surface area contributed by atoms with Crippen LogP contribution in [-0.4, -0.2) is 5.78 Å². The van der Waals surface area contributed by atoms with Gasteiger partial charge >= 0.3 is 0 Å². The molecule has 1 aromatic carbocycles. The van der Waals surface area contributed by atoms with Gasteiger partial charge in [-0.2, -0.15) is 0 Å². The van der Waals surface area contributed by atoms with Crippen molar-refractivity contribution in [3.05, 3.63) is 35.4 Å². The lowest BCUT2D eigenvalue weighted by atomic mass is 10.0. The van der Waals surface area contributed by atoms with E-state index in [1.807, 2.05) is 0 Å². The Bertz CT molecular complexity index is 328. The summed E-state index contributed by atoms with van der Waals surface area (Å²) in [6, 6.07) is 5.48. The van der Waals surface area contributed by atoms with Crippen LogP contribution in [0.25, 0.3) is 0 Å². The molecule has 0 bridgehead atoms. The Morgan fingerprint density at radius 1 is 1.29 bits per heavy atom. The molecule has 0 amide bonds. The third-order valence-electron chi connectivity index (χ3n) is 2.16. The van der Waals surface area contributed by atoms with Crippen molar-refractivity contribution in [2.75, 3.05) is 0 Å². The van der Waals surface area contributed by atoms with E-state index in [1.165, 1.54) is 38.1 Å². The maximum absolute atomic E-state index is 13.1. The van der Waals surface area contributed by atoms with Crippen LogP contribution in [0.5, 0.6) is 0 Å². The molecular formula is C11H12F2O. The van der Waals surface area contributed by atoms with E-state index in [1.54, 1.807) is 0 Å². The van der Waals surface area contributed by atoms with Crippen LogP contribution in [0.4, 0.5) is 8.78 Å². The molecule has 0 N–H and O–H groups in total. The molecule has 0 aliphatic carbocycles. The first-order valence-electron chi connectivity index (χ1n) is 4.46. The summed E-state index contributed by atoms with van der Waals surface area (Å²) in [7, 11) is 0. The van der Waals surface area contributed by atoms with Gasteiger partial charge in [0.25, 0.3) is 5.92 Å². The van der Waals surface area contributed by atoms with Crippen molar-refractivity contribution in [2.45, 2.75) is 26.2 Å². The Morgan fingerprint density at radius 3 is 2.14 bits per heavy atom. The molecule has 0 unspecified atom stereocenters. The Kier molecular flexibility index (Phi) is 2.99. The lowest BCUT2D eigenvalue weighted by Gasteiger charge is -2.14. The number of carbonyl (C=O) groups excluding carboxylic acids is 1. The maximum Gasteiger partial charge on any atom is 0.273 e. The van der Waals surface area contributed by atoms with Gasteiger partial charge in [0.1, 0.15) is 0 Å². The first-order chi connectivity index (χ1) is 6.47. The average molecular weight is 198 g/mol. The van der Waals surface area contributed by atoms with Gasteiger partial charge in [-0.3, -0.25) is 4.79 Å². The molecule has 1 aromatic rings. The molecule has 0 heterocycles. The van der Waals surface area contributed by atoms with Crippen molar-refractivity contribution >= 4 is 5.78 Å². The standard InChI is InChI=1S/C11H12F2O/c1-3-11(12,13)10-6-4-9(5-7-10)8(2)14/h4-7H,3H2,1-2H3. The van der Waals surface area contributed by atoms with Crippen molar-refractivity contribution in [1.29, 1.82) is 0 Å². The molecule has 3 heteroatoms. The van der Waals surface area contributed by atoms with Crippen LogP contribution in [0.3, 0.4) is 0 Å². The average Bonchev–Trinajstić information content (AvgIpc) is 2.18. The number of carbonyl (C=O) groups is 1. The number of hydrogen-bond donors (Lipinski definition) is 0.